The molecule has 1 heterocycles. The summed E-state index contributed by atoms with van der Waals surface area (Å²) in [5, 5.41) is 11.1. The van der Waals surface area contributed by atoms with E-state index in [1.165, 1.54) is 38.3 Å². The van der Waals surface area contributed by atoms with Crippen LogP contribution < -0.4 is 0 Å². The van der Waals surface area contributed by atoms with Crippen LogP contribution in [0.15, 0.2) is 29.3 Å². The smallest absolute Gasteiger partial charge is 0.318 e. The molecule has 0 fully saturated rings. The van der Waals surface area contributed by atoms with Crippen molar-refractivity contribution in [1.82, 2.24) is 0 Å². The van der Waals surface area contributed by atoms with Gasteiger partial charge in [-0.3, -0.25) is 24.5 Å². The van der Waals surface area contributed by atoms with E-state index in [4.69, 9.17) is 14.2 Å². The summed E-state index contributed by atoms with van der Waals surface area (Å²) >= 11 is 0. The molecule has 0 saturated carbocycles. The maximum absolute atomic E-state index is 12.7. The first-order valence-corrected chi connectivity index (χ1v) is 8.38. The number of methoxy groups -OCH3 is 2. The minimum absolute atomic E-state index is 0.0302. The number of nitro groups is 1. The number of non-ortho nitro benzene ring substituents is 1. The Morgan fingerprint density at radius 2 is 1.89 bits per heavy atom. The van der Waals surface area contributed by atoms with Crippen LogP contribution in [0.3, 0.4) is 0 Å². The quantitative estimate of drug-likeness (QED) is 0.223. The van der Waals surface area contributed by atoms with Gasteiger partial charge in [0.2, 0.25) is 0 Å². The van der Waals surface area contributed by atoms with Gasteiger partial charge in [-0.2, -0.15) is 0 Å². The molecular weight excluding hydrogens is 372 g/mol. The number of benzene rings is 1. The van der Waals surface area contributed by atoms with Crippen molar-refractivity contribution in [1.29, 1.82) is 0 Å². The highest BCUT2D eigenvalue weighted by molar-refractivity contribution is 6.14. The molecule has 10 heteroatoms. The fourth-order valence-electron chi connectivity index (χ4n) is 3.16. The molecule has 10 nitrogen and oxygen atoms in total. The fraction of sp³-hybridized carbons (Fsp3) is 0.444. The summed E-state index contributed by atoms with van der Waals surface area (Å²) < 4.78 is 14.7. The third-order valence-electron chi connectivity index (χ3n) is 4.43. The number of rotatable bonds is 7. The molecule has 1 aliphatic rings. The largest absolute Gasteiger partial charge is 0.468 e. The summed E-state index contributed by atoms with van der Waals surface area (Å²) in [6, 6.07) is 5.42. The molecule has 1 aromatic carbocycles. The highest BCUT2D eigenvalue weighted by atomic mass is 16.6. The summed E-state index contributed by atoms with van der Waals surface area (Å²) in [6.45, 7) is 1.60. The van der Waals surface area contributed by atoms with E-state index in [1.54, 1.807) is 0 Å². The second-order valence-electron chi connectivity index (χ2n) is 6.11. The number of nitro benzene ring substituents is 1. The van der Waals surface area contributed by atoms with Crippen molar-refractivity contribution in [2.75, 3.05) is 27.4 Å². The van der Waals surface area contributed by atoms with Gasteiger partial charge in [0.05, 0.1) is 18.6 Å². The van der Waals surface area contributed by atoms with Gasteiger partial charge >= 0.3 is 11.9 Å². The van der Waals surface area contributed by atoms with Gasteiger partial charge in [0, 0.05) is 30.9 Å². The molecule has 3 atom stereocenters. The van der Waals surface area contributed by atoms with Crippen molar-refractivity contribution in [3.8, 4) is 0 Å². The third-order valence-corrected chi connectivity index (χ3v) is 4.43. The van der Waals surface area contributed by atoms with E-state index in [-0.39, 0.29) is 30.2 Å². The minimum atomic E-state index is -1.42. The molecule has 1 aliphatic heterocycles. The van der Waals surface area contributed by atoms with Gasteiger partial charge in [-0.05, 0) is 12.5 Å². The first kappa shape index (κ1) is 21.2. The van der Waals surface area contributed by atoms with Crippen molar-refractivity contribution in [3.63, 3.8) is 0 Å². The SMILES string of the molecule is COCCOC(=O)C1C(C)=NC(=O)C(C(=O)OC)C1c1cccc([N+](=O)[O-])c1. The standard InChI is InChI=1S/C18H20N2O8/c1-10-13(18(23)28-8-7-26-2)14(15(16(21)19-10)17(22)27-3)11-5-4-6-12(9-11)20(24)25/h4-6,9,13-15H,7-8H2,1-3H3. The second-order valence-corrected chi connectivity index (χ2v) is 6.11. The van der Waals surface area contributed by atoms with Gasteiger partial charge in [-0.1, -0.05) is 12.1 Å². The molecule has 150 valence electrons. The molecule has 28 heavy (non-hydrogen) atoms. The van der Waals surface area contributed by atoms with Gasteiger partial charge in [0.1, 0.15) is 18.4 Å². The molecule has 0 aliphatic carbocycles. The number of amides is 1. The molecule has 1 aromatic rings. The van der Waals surface area contributed by atoms with Gasteiger partial charge < -0.3 is 14.2 Å². The van der Waals surface area contributed by atoms with Crippen LogP contribution in [-0.4, -0.2) is 55.9 Å². The van der Waals surface area contributed by atoms with E-state index in [9.17, 15) is 24.5 Å². The maximum Gasteiger partial charge on any atom is 0.318 e. The molecule has 0 bridgehead atoms. The summed E-state index contributed by atoms with van der Waals surface area (Å²) in [6.07, 6.45) is 0. The number of hydrogen-bond acceptors (Lipinski definition) is 8. The predicted molar refractivity (Wildman–Crippen MR) is 95.8 cm³/mol. The Balaban J connectivity index is 2.55. The topological polar surface area (TPSA) is 134 Å². The van der Waals surface area contributed by atoms with Crippen LogP contribution in [0.1, 0.15) is 18.4 Å². The lowest BCUT2D eigenvalue weighted by molar-refractivity contribution is -0.384. The monoisotopic (exact) mass is 392 g/mol. The number of esters is 2. The van der Waals surface area contributed by atoms with Crippen molar-refractivity contribution < 1.29 is 33.5 Å². The van der Waals surface area contributed by atoms with E-state index in [0.29, 0.717) is 0 Å². The molecule has 0 spiro atoms. The molecule has 2 rings (SSSR count). The summed E-state index contributed by atoms with van der Waals surface area (Å²) in [4.78, 5) is 51.8. The molecule has 0 radical (unpaired) electrons. The van der Waals surface area contributed by atoms with Crippen LogP contribution in [0.4, 0.5) is 5.69 Å². The number of nitrogens with zero attached hydrogens (tertiary/aromatic N) is 2. The third kappa shape index (κ3) is 4.39. The van der Waals surface area contributed by atoms with Crippen LogP contribution in [-0.2, 0) is 28.6 Å². The number of hydrogen-bond donors (Lipinski definition) is 0. The Morgan fingerprint density at radius 1 is 1.18 bits per heavy atom. The van der Waals surface area contributed by atoms with Crippen molar-refractivity contribution in [3.05, 3.63) is 39.9 Å². The lowest BCUT2D eigenvalue weighted by atomic mass is 9.72. The lowest BCUT2D eigenvalue weighted by Crippen LogP contribution is -2.44. The van der Waals surface area contributed by atoms with E-state index in [1.807, 2.05) is 0 Å². The first-order valence-electron chi connectivity index (χ1n) is 8.38. The normalized spacial score (nSPS) is 21.6. The highest BCUT2D eigenvalue weighted by Crippen LogP contribution is 2.40. The molecule has 1 amide bonds. The number of aliphatic imine (C=N–C) groups is 1. The number of carbonyl (C=O) groups is 3. The molecule has 3 unspecified atom stereocenters. The summed E-state index contributed by atoms with van der Waals surface area (Å²) in [7, 11) is 2.55. The molecule has 0 N–H and O–H groups in total. The van der Waals surface area contributed by atoms with Crippen LogP contribution >= 0.6 is 0 Å². The average Bonchev–Trinajstić information content (AvgIpc) is 2.67. The van der Waals surface area contributed by atoms with Crippen LogP contribution in [0.2, 0.25) is 0 Å². The molecular formula is C18H20N2O8. The zero-order valence-corrected chi connectivity index (χ0v) is 15.6. The van der Waals surface area contributed by atoms with E-state index < -0.39 is 40.5 Å². The second kappa shape index (κ2) is 9.18. The van der Waals surface area contributed by atoms with Gasteiger partial charge in [-0.25, -0.2) is 4.99 Å². The van der Waals surface area contributed by atoms with E-state index >= 15 is 0 Å². The average molecular weight is 392 g/mol. The minimum Gasteiger partial charge on any atom is -0.468 e. The van der Waals surface area contributed by atoms with Crippen molar-refractivity contribution >= 4 is 29.2 Å². The highest BCUT2D eigenvalue weighted by Gasteiger charge is 2.49. The fourth-order valence-corrected chi connectivity index (χ4v) is 3.16. The Bertz CT molecular complexity index is 820. The predicted octanol–water partition coefficient (Wildman–Crippen LogP) is 1.27. The zero-order chi connectivity index (χ0) is 20.8. The Labute approximate surface area is 160 Å². The van der Waals surface area contributed by atoms with Crippen molar-refractivity contribution in [2.24, 2.45) is 16.8 Å². The Hall–Kier alpha value is -3.14. The van der Waals surface area contributed by atoms with Crippen molar-refractivity contribution in [2.45, 2.75) is 12.8 Å². The Kier molecular flexibility index (Phi) is 6.94. The first-order chi connectivity index (χ1) is 13.3. The summed E-state index contributed by atoms with van der Waals surface area (Å²) in [5.41, 5.74) is 0.185. The van der Waals surface area contributed by atoms with Crippen LogP contribution in [0.5, 0.6) is 0 Å². The number of ether oxygens (including phenoxy) is 3. The van der Waals surface area contributed by atoms with Crippen LogP contribution in [0, 0.1) is 22.0 Å². The number of carbonyl (C=O) groups excluding carboxylic acids is 3. The summed E-state index contributed by atoms with van der Waals surface area (Å²) in [5.74, 6) is -5.92. The van der Waals surface area contributed by atoms with Crippen LogP contribution in [0.25, 0.3) is 0 Å². The lowest BCUT2D eigenvalue weighted by Gasteiger charge is -2.33. The molecule has 0 saturated heterocycles. The van der Waals surface area contributed by atoms with E-state index in [0.717, 1.165) is 7.11 Å². The molecule has 0 aromatic heterocycles. The van der Waals surface area contributed by atoms with Gasteiger partial charge in [0.25, 0.3) is 11.6 Å². The van der Waals surface area contributed by atoms with Gasteiger partial charge in [0.15, 0.2) is 0 Å². The van der Waals surface area contributed by atoms with E-state index in [2.05, 4.69) is 4.99 Å². The zero-order valence-electron chi connectivity index (χ0n) is 15.6. The maximum atomic E-state index is 12.7. The Morgan fingerprint density at radius 3 is 2.50 bits per heavy atom. The van der Waals surface area contributed by atoms with Gasteiger partial charge in [-0.15, -0.1) is 0 Å².